The molecule has 2 atom stereocenters. The zero-order valence-corrected chi connectivity index (χ0v) is 9.63. The average Bonchev–Trinajstić information content (AvgIpc) is 2.87. The Hall–Kier alpha value is -0.570. The van der Waals surface area contributed by atoms with Crippen molar-refractivity contribution < 1.29 is 4.79 Å². The molecule has 1 amide bonds. The van der Waals surface area contributed by atoms with Gasteiger partial charge in [0.1, 0.15) is 0 Å². The van der Waals surface area contributed by atoms with E-state index in [1.54, 1.807) is 0 Å². The predicted molar refractivity (Wildman–Crippen MR) is 58.1 cm³/mol. The Labute approximate surface area is 86.6 Å². The van der Waals surface area contributed by atoms with Gasteiger partial charge >= 0.3 is 0 Å². The van der Waals surface area contributed by atoms with Gasteiger partial charge in [0, 0.05) is 12.1 Å². The summed E-state index contributed by atoms with van der Waals surface area (Å²) in [7, 11) is 0. The summed E-state index contributed by atoms with van der Waals surface area (Å²) >= 11 is 0. The fourth-order valence-corrected chi connectivity index (χ4v) is 1.22. The van der Waals surface area contributed by atoms with Gasteiger partial charge in [-0.3, -0.25) is 4.79 Å². The second-order valence-corrected chi connectivity index (χ2v) is 4.70. The predicted octanol–water partition coefficient (Wildman–Crippen LogP) is 1.29. The molecule has 3 nitrogen and oxygen atoms in total. The highest BCUT2D eigenvalue weighted by molar-refractivity contribution is 5.81. The topological polar surface area (TPSA) is 41.1 Å². The molecule has 1 saturated carbocycles. The quantitative estimate of drug-likeness (QED) is 0.699. The van der Waals surface area contributed by atoms with E-state index in [1.165, 1.54) is 0 Å². The Balaban J connectivity index is 2.24. The number of hydrogen-bond donors (Lipinski definition) is 2. The van der Waals surface area contributed by atoms with Gasteiger partial charge in [-0.15, -0.1) is 0 Å². The molecular formula is C11H22N2O. The molecule has 1 aliphatic rings. The third kappa shape index (κ3) is 3.66. The second kappa shape index (κ2) is 4.78. The highest BCUT2D eigenvalue weighted by atomic mass is 16.2. The lowest BCUT2D eigenvalue weighted by atomic mass is 10.1. The first kappa shape index (κ1) is 11.5. The summed E-state index contributed by atoms with van der Waals surface area (Å²) in [5.74, 6) is 0.700. The van der Waals surface area contributed by atoms with Crippen molar-refractivity contribution in [3.8, 4) is 0 Å². The molecule has 2 unspecified atom stereocenters. The van der Waals surface area contributed by atoms with E-state index in [0.717, 1.165) is 12.8 Å². The second-order valence-electron chi connectivity index (χ2n) is 4.70. The molecule has 82 valence electrons. The summed E-state index contributed by atoms with van der Waals surface area (Å²) in [5, 5.41) is 6.30. The Kier molecular flexibility index (Phi) is 3.93. The lowest BCUT2D eigenvalue weighted by Crippen LogP contribution is -2.47. The smallest absolute Gasteiger partial charge is 0.237 e. The molecule has 0 aromatic heterocycles. The van der Waals surface area contributed by atoms with Gasteiger partial charge in [0.15, 0.2) is 0 Å². The monoisotopic (exact) mass is 198 g/mol. The normalized spacial score (nSPS) is 20.6. The van der Waals surface area contributed by atoms with E-state index in [4.69, 9.17) is 0 Å². The molecule has 1 fully saturated rings. The molecule has 0 saturated heterocycles. The van der Waals surface area contributed by atoms with Gasteiger partial charge in [0.2, 0.25) is 5.91 Å². The van der Waals surface area contributed by atoms with Gasteiger partial charge in [-0.1, -0.05) is 13.8 Å². The van der Waals surface area contributed by atoms with E-state index in [-0.39, 0.29) is 11.9 Å². The van der Waals surface area contributed by atoms with Crippen LogP contribution in [0.4, 0.5) is 0 Å². The minimum Gasteiger partial charge on any atom is -0.352 e. The number of rotatable bonds is 5. The average molecular weight is 198 g/mol. The summed E-state index contributed by atoms with van der Waals surface area (Å²) in [6.07, 6.45) is 2.30. The third-order valence-corrected chi connectivity index (χ3v) is 2.83. The van der Waals surface area contributed by atoms with Crippen LogP contribution < -0.4 is 10.6 Å². The Morgan fingerprint density at radius 3 is 2.21 bits per heavy atom. The first-order valence-electron chi connectivity index (χ1n) is 5.57. The highest BCUT2D eigenvalue weighted by Gasteiger charge is 2.26. The molecule has 0 bridgehead atoms. The summed E-state index contributed by atoms with van der Waals surface area (Å²) in [6.45, 7) is 8.36. The number of carbonyl (C=O) groups excluding carboxylic acids is 1. The van der Waals surface area contributed by atoms with Crippen LogP contribution >= 0.6 is 0 Å². The van der Waals surface area contributed by atoms with Gasteiger partial charge in [-0.25, -0.2) is 0 Å². The Morgan fingerprint density at radius 1 is 1.21 bits per heavy atom. The molecular weight excluding hydrogens is 176 g/mol. The fourth-order valence-electron chi connectivity index (χ4n) is 1.22. The van der Waals surface area contributed by atoms with E-state index in [9.17, 15) is 4.79 Å². The van der Waals surface area contributed by atoms with Crippen molar-refractivity contribution in [2.75, 3.05) is 0 Å². The molecule has 14 heavy (non-hydrogen) atoms. The zero-order valence-electron chi connectivity index (χ0n) is 9.63. The standard InChI is InChI=1S/C11H22N2O/c1-7(2)8(3)12-9(4)11(14)13-10-5-6-10/h7-10,12H,5-6H2,1-4H3,(H,13,14). The molecule has 0 aromatic carbocycles. The van der Waals surface area contributed by atoms with Crippen LogP contribution in [0.5, 0.6) is 0 Å². The van der Waals surface area contributed by atoms with E-state index < -0.39 is 0 Å². The summed E-state index contributed by atoms with van der Waals surface area (Å²) in [5.41, 5.74) is 0. The zero-order chi connectivity index (χ0) is 10.7. The minimum atomic E-state index is -0.0759. The number of hydrogen-bond acceptors (Lipinski definition) is 2. The molecule has 0 aliphatic heterocycles. The largest absolute Gasteiger partial charge is 0.352 e. The van der Waals surface area contributed by atoms with Gasteiger partial charge in [0.05, 0.1) is 6.04 Å². The number of amides is 1. The van der Waals surface area contributed by atoms with Crippen LogP contribution in [0.15, 0.2) is 0 Å². The number of carbonyl (C=O) groups is 1. The van der Waals surface area contributed by atoms with Crippen LogP contribution in [0.1, 0.15) is 40.5 Å². The van der Waals surface area contributed by atoms with Crippen LogP contribution in [0.2, 0.25) is 0 Å². The first-order valence-corrected chi connectivity index (χ1v) is 5.57. The molecule has 1 aliphatic carbocycles. The van der Waals surface area contributed by atoms with Crippen LogP contribution in [0.3, 0.4) is 0 Å². The summed E-state index contributed by atoms with van der Waals surface area (Å²) in [6, 6.07) is 0.768. The van der Waals surface area contributed by atoms with Gasteiger partial charge < -0.3 is 10.6 Å². The van der Waals surface area contributed by atoms with Gasteiger partial charge in [-0.05, 0) is 32.6 Å². The fraction of sp³-hybridized carbons (Fsp3) is 0.909. The lowest BCUT2D eigenvalue weighted by molar-refractivity contribution is -0.123. The van der Waals surface area contributed by atoms with Crippen molar-refractivity contribution in [2.45, 2.75) is 58.7 Å². The maximum atomic E-state index is 11.6. The van der Waals surface area contributed by atoms with Crippen molar-refractivity contribution in [1.29, 1.82) is 0 Å². The first-order chi connectivity index (χ1) is 6.50. The van der Waals surface area contributed by atoms with E-state index in [1.807, 2.05) is 6.92 Å². The van der Waals surface area contributed by atoms with Gasteiger partial charge in [0.25, 0.3) is 0 Å². The highest BCUT2D eigenvalue weighted by Crippen LogP contribution is 2.18. The maximum absolute atomic E-state index is 11.6. The molecule has 0 spiro atoms. The van der Waals surface area contributed by atoms with Crippen LogP contribution in [-0.2, 0) is 4.79 Å². The van der Waals surface area contributed by atoms with Crippen molar-refractivity contribution >= 4 is 5.91 Å². The van der Waals surface area contributed by atoms with E-state index in [2.05, 4.69) is 31.4 Å². The Bertz CT molecular complexity index is 199. The summed E-state index contributed by atoms with van der Waals surface area (Å²) in [4.78, 5) is 11.6. The van der Waals surface area contributed by atoms with Crippen LogP contribution in [0, 0.1) is 5.92 Å². The molecule has 0 heterocycles. The Morgan fingerprint density at radius 2 is 1.79 bits per heavy atom. The van der Waals surface area contributed by atoms with Crippen LogP contribution in [-0.4, -0.2) is 24.0 Å². The molecule has 3 heteroatoms. The maximum Gasteiger partial charge on any atom is 0.237 e. The minimum absolute atomic E-state index is 0.0759. The summed E-state index contributed by atoms with van der Waals surface area (Å²) < 4.78 is 0. The SMILES string of the molecule is CC(NC(C)C(C)C)C(=O)NC1CC1. The van der Waals surface area contributed by atoms with Crippen molar-refractivity contribution in [3.63, 3.8) is 0 Å². The van der Waals surface area contributed by atoms with E-state index >= 15 is 0 Å². The van der Waals surface area contributed by atoms with Crippen molar-refractivity contribution in [1.82, 2.24) is 10.6 Å². The number of nitrogens with one attached hydrogen (secondary N) is 2. The molecule has 1 rings (SSSR count). The molecule has 0 aromatic rings. The van der Waals surface area contributed by atoms with Crippen molar-refractivity contribution in [2.24, 2.45) is 5.92 Å². The van der Waals surface area contributed by atoms with Crippen molar-refractivity contribution in [3.05, 3.63) is 0 Å². The molecule has 0 radical (unpaired) electrons. The third-order valence-electron chi connectivity index (χ3n) is 2.83. The van der Waals surface area contributed by atoms with E-state index in [0.29, 0.717) is 18.0 Å². The lowest BCUT2D eigenvalue weighted by Gasteiger charge is -2.22. The van der Waals surface area contributed by atoms with Crippen LogP contribution in [0.25, 0.3) is 0 Å². The van der Waals surface area contributed by atoms with Gasteiger partial charge in [-0.2, -0.15) is 0 Å². The molecule has 2 N–H and O–H groups in total.